The van der Waals surface area contributed by atoms with Crippen LogP contribution >= 0.6 is 0 Å². The minimum absolute atomic E-state index is 0.305. The van der Waals surface area contributed by atoms with Crippen molar-refractivity contribution in [3.63, 3.8) is 0 Å². The molecule has 0 saturated heterocycles. The van der Waals surface area contributed by atoms with E-state index in [-0.39, 0.29) is 0 Å². The number of rotatable bonds is 2. The van der Waals surface area contributed by atoms with Gasteiger partial charge in [0.1, 0.15) is 5.69 Å². The summed E-state index contributed by atoms with van der Waals surface area (Å²) in [4.78, 5) is 17.8. The lowest BCUT2D eigenvalue weighted by atomic mass is 10.4. The first-order valence-electron chi connectivity index (χ1n) is 3.98. The van der Waals surface area contributed by atoms with Gasteiger partial charge in [0, 0.05) is 0 Å². The highest BCUT2D eigenvalue weighted by Gasteiger charge is 2.11. The molecule has 0 aromatic carbocycles. The van der Waals surface area contributed by atoms with Gasteiger partial charge in [-0.15, -0.1) is 0 Å². The second-order valence-corrected chi connectivity index (χ2v) is 2.61. The van der Waals surface area contributed by atoms with Gasteiger partial charge in [-0.3, -0.25) is 0 Å². The van der Waals surface area contributed by atoms with Crippen LogP contribution in [0.3, 0.4) is 0 Å². The number of methoxy groups -OCH3 is 1. The summed E-state index contributed by atoms with van der Waals surface area (Å²) in [6.07, 6.45) is 2.94. The van der Waals surface area contributed by atoms with E-state index in [4.69, 9.17) is 4.42 Å². The number of carbonyl (C=O) groups excluding carboxylic acids is 1. The van der Waals surface area contributed by atoms with Gasteiger partial charge in [-0.1, -0.05) is 0 Å². The molecule has 72 valence electrons. The number of hydrogen-bond acceptors (Lipinski definition) is 4. The van der Waals surface area contributed by atoms with Crippen molar-refractivity contribution in [2.45, 2.75) is 0 Å². The Morgan fingerprint density at radius 3 is 3.14 bits per heavy atom. The van der Waals surface area contributed by atoms with Crippen molar-refractivity contribution in [3.8, 4) is 11.6 Å². The Hall–Kier alpha value is -2.04. The topological polar surface area (TPSA) is 68.1 Å². The second kappa shape index (κ2) is 3.37. The molecule has 0 unspecified atom stereocenters. The highest BCUT2D eigenvalue weighted by Crippen LogP contribution is 2.15. The van der Waals surface area contributed by atoms with Crippen molar-refractivity contribution in [1.29, 1.82) is 0 Å². The van der Waals surface area contributed by atoms with Gasteiger partial charge in [0.15, 0.2) is 11.6 Å². The van der Waals surface area contributed by atoms with Crippen LogP contribution in [0, 0.1) is 0 Å². The zero-order valence-corrected chi connectivity index (χ0v) is 7.48. The van der Waals surface area contributed by atoms with Gasteiger partial charge in [0.25, 0.3) is 0 Å². The van der Waals surface area contributed by atoms with Crippen LogP contribution < -0.4 is 0 Å². The molecule has 5 heteroatoms. The average Bonchev–Trinajstić information content (AvgIpc) is 2.86. The van der Waals surface area contributed by atoms with E-state index < -0.39 is 5.97 Å². The normalized spacial score (nSPS) is 10.1. The van der Waals surface area contributed by atoms with E-state index in [1.165, 1.54) is 19.6 Å². The summed E-state index contributed by atoms with van der Waals surface area (Å²) in [6, 6.07) is 3.50. The fourth-order valence-corrected chi connectivity index (χ4v) is 1.07. The number of nitrogens with zero attached hydrogens (tertiary/aromatic N) is 1. The third-order valence-corrected chi connectivity index (χ3v) is 1.74. The minimum atomic E-state index is -0.449. The summed E-state index contributed by atoms with van der Waals surface area (Å²) in [7, 11) is 1.32. The smallest absolute Gasteiger partial charge is 0.356 e. The summed E-state index contributed by atoms with van der Waals surface area (Å²) in [5.74, 6) is 0.644. The molecule has 0 aliphatic heterocycles. The maximum absolute atomic E-state index is 11.1. The second-order valence-electron chi connectivity index (χ2n) is 2.61. The number of furan rings is 1. The lowest BCUT2D eigenvalue weighted by molar-refractivity contribution is 0.0595. The monoisotopic (exact) mass is 192 g/mol. The molecule has 1 N–H and O–H groups in total. The average molecular weight is 192 g/mol. The molecule has 0 amide bonds. The highest BCUT2D eigenvalue weighted by atomic mass is 16.5. The van der Waals surface area contributed by atoms with Crippen molar-refractivity contribution in [2.24, 2.45) is 0 Å². The van der Waals surface area contributed by atoms with E-state index in [1.807, 2.05) is 0 Å². The molecule has 0 bridgehead atoms. The minimum Gasteiger partial charge on any atom is -0.464 e. The first-order chi connectivity index (χ1) is 6.81. The zero-order valence-electron chi connectivity index (χ0n) is 7.48. The van der Waals surface area contributed by atoms with Gasteiger partial charge in [0.2, 0.25) is 0 Å². The molecule has 0 radical (unpaired) electrons. The summed E-state index contributed by atoms with van der Waals surface area (Å²) in [6.45, 7) is 0. The number of nitrogens with one attached hydrogen (secondary N) is 1. The van der Waals surface area contributed by atoms with Crippen LogP contribution in [0.1, 0.15) is 10.5 Å². The van der Waals surface area contributed by atoms with Crippen molar-refractivity contribution < 1.29 is 13.9 Å². The van der Waals surface area contributed by atoms with Crippen LogP contribution in [0.15, 0.2) is 29.0 Å². The van der Waals surface area contributed by atoms with Gasteiger partial charge >= 0.3 is 5.97 Å². The first kappa shape index (κ1) is 8.55. The van der Waals surface area contributed by atoms with Crippen molar-refractivity contribution in [2.75, 3.05) is 7.11 Å². The van der Waals surface area contributed by atoms with Gasteiger partial charge < -0.3 is 14.1 Å². The fourth-order valence-electron chi connectivity index (χ4n) is 1.07. The molecule has 0 atom stereocenters. The highest BCUT2D eigenvalue weighted by molar-refractivity contribution is 5.87. The predicted octanol–water partition coefficient (Wildman–Crippen LogP) is 1.46. The summed E-state index contributed by atoms with van der Waals surface area (Å²) in [5, 5.41) is 0. The number of H-pyrrole nitrogens is 1. The summed E-state index contributed by atoms with van der Waals surface area (Å²) < 4.78 is 9.63. The third kappa shape index (κ3) is 1.39. The van der Waals surface area contributed by atoms with Crippen LogP contribution in [0.25, 0.3) is 11.6 Å². The molecule has 0 aliphatic carbocycles. The quantitative estimate of drug-likeness (QED) is 0.731. The Morgan fingerprint density at radius 1 is 1.64 bits per heavy atom. The van der Waals surface area contributed by atoms with Gasteiger partial charge in [-0.2, -0.15) is 0 Å². The van der Waals surface area contributed by atoms with E-state index in [2.05, 4.69) is 14.7 Å². The standard InChI is InChI=1S/C9H8N2O3/c1-13-9(12)6-5-10-8(11-6)7-3-2-4-14-7/h2-5H,1H3,(H,10,11). The van der Waals surface area contributed by atoms with Crippen molar-refractivity contribution in [1.82, 2.24) is 9.97 Å². The van der Waals surface area contributed by atoms with Crippen LogP contribution in [-0.4, -0.2) is 23.0 Å². The Morgan fingerprint density at radius 2 is 2.50 bits per heavy atom. The van der Waals surface area contributed by atoms with Crippen LogP contribution in [0.4, 0.5) is 0 Å². The van der Waals surface area contributed by atoms with Gasteiger partial charge in [-0.05, 0) is 12.1 Å². The molecule has 0 aliphatic rings. The number of hydrogen-bond donors (Lipinski definition) is 1. The Kier molecular flexibility index (Phi) is 2.06. The Balaban J connectivity index is 2.31. The number of imidazole rings is 1. The number of ether oxygens (including phenoxy) is 1. The number of esters is 1. The Labute approximate surface area is 79.7 Å². The number of aromatic amines is 1. The summed E-state index contributed by atoms with van der Waals surface area (Å²) >= 11 is 0. The molecule has 14 heavy (non-hydrogen) atoms. The van der Waals surface area contributed by atoms with Crippen molar-refractivity contribution >= 4 is 5.97 Å². The molecule has 2 heterocycles. The number of carbonyl (C=O) groups is 1. The van der Waals surface area contributed by atoms with Crippen LogP contribution in [0.5, 0.6) is 0 Å². The molecule has 2 rings (SSSR count). The molecular formula is C9H8N2O3. The fraction of sp³-hybridized carbons (Fsp3) is 0.111. The van der Waals surface area contributed by atoms with E-state index in [1.54, 1.807) is 12.1 Å². The van der Waals surface area contributed by atoms with E-state index >= 15 is 0 Å². The van der Waals surface area contributed by atoms with Crippen LogP contribution in [0.2, 0.25) is 0 Å². The molecular weight excluding hydrogens is 184 g/mol. The molecule has 5 nitrogen and oxygen atoms in total. The van der Waals surface area contributed by atoms with Gasteiger partial charge in [-0.25, -0.2) is 9.78 Å². The maximum atomic E-state index is 11.1. The number of aromatic nitrogens is 2. The lowest BCUT2D eigenvalue weighted by Crippen LogP contribution is -2.00. The van der Waals surface area contributed by atoms with E-state index in [0.29, 0.717) is 17.3 Å². The first-order valence-corrected chi connectivity index (χ1v) is 3.98. The largest absolute Gasteiger partial charge is 0.464 e. The van der Waals surface area contributed by atoms with Crippen LogP contribution in [-0.2, 0) is 4.74 Å². The van der Waals surface area contributed by atoms with Crippen molar-refractivity contribution in [3.05, 3.63) is 30.3 Å². The molecule has 2 aromatic heterocycles. The molecule has 0 saturated carbocycles. The zero-order chi connectivity index (χ0) is 9.97. The summed E-state index contributed by atoms with van der Waals surface area (Å²) in [5.41, 5.74) is 0.305. The molecule has 0 spiro atoms. The molecule has 0 fully saturated rings. The lowest BCUT2D eigenvalue weighted by Gasteiger charge is -1.92. The molecule has 2 aromatic rings. The maximum Gasteiger partial charge on any atom is 0.356 e. The van der Waals surface area contributed by atoms with E-state index in [9.17, 15) is 4.79 Å². The van der Waals surface area contributed by atoms with E-state index in [0.717, 1.165) is 0 Å². The predicted molar refractivity (Wildman–Crippen MR) is 47.6 cm³/mol. The Bertz CT molecular complexity index is 431. The van der Waals surface area contributed by atoms with Gasteiger partial charge in [0.05, 0.1) is 19.6 Å². The SMILES string of the molecule is COC(=O)c1cnc(-c2ccco2)[nH]1. The third-order valence-electron chi connectivity index (χ3n) is 1.74.